The lowest BCUT2D eigenvalue weighted by Crippen LogP contribution is -2.33. The number of nitrogens with zero attached hydrogens (tertiary/aromatic N) is 1. The fourth-order valence-corrected chi connectivity index (χ4v) is 2.52. The number of hydrogen-bond donors (Lipinski definition) is 1. The number of rotatable bonds is 4. The van der Waals surface area contributed by atoms with Gasteiger partial charge in [-0.3, -0.25) is 9.59 Å². The third kappa shape index (κ3) is 3.79. The average molecular weight is 278 g/mol. The van der Waals surface area contributed by atoms with Crippen molar-refractivity contribution in [3.8, 4) is 0 Å². The Morgan fingerprint density at radius 2 is 2.05 bits per heavy atom. The quantitative estimate of drug-likeness (QED) is 0.845. The molecule has 0 spiro atoms. The molecule has 0 aromatic heterocycles. The van der Waals surface area contributed by atoms with Crippen molar-refractivity contribution < 1.29 is 14.0 Å². The lowest BCUT2D eigenvalue weighted by atomic mass is 9.99. The largest absolute Gasteiger partial charge is 0.359 e. The van der Waals surface area contributed by atoms with E-state index in [2.05, 4.69) is 5.32 Å². The van der Waals surface area contributed by atoms with Crippen LogP contribution in [0.4, 0.5) is 4.39 Å². The minimum Gasteiger partial charge on any atom is -0.359 e. The van der Waals surface area contributed by atoms with Gasteiger partial charge in [0.2, 0.25) is 11.8 Å². The van der Waals surface area contributed by atoms with Crippen LogP contribution < -0.4 is 5.32 Å². The molecule has 1 aromatic rings. The highest BCUT2D eigenvalue weighted by molar-refractivity contribution is 5.96. The Kier molecular flexibility index (Phi) is 4.71. The van der Waals surface area contributed by atoms with Crippen molar-refractivity contribution in [1.82, 2.24) is 10.2 Å². The van der Waals surface area contributed by atoms with Gasteiger partial charge in [-0.05, 0) is 36.5 Å². The second-order valence-electron chi connectivity index (χ2n) is 5.17. The van der Waals surface area contributed by atoms with Crippen molar-refractivity contribution in [3.05, 3.63) is 35.6 Å². The Hall–Kier alpha value is -1.91. The van der Waals surface area contributed by atoms with Crippen molar-refractivity contribution in [2.45, 2.75) is 19.3 Å². The van der Waals surface area contributed by atoms with Crippen LogP contribution in [0.15, 0.2) is 24.3 Å². The van der Waals surface area contributed by atoms with Crippen LogP contribution in [0, 0.1) is 11.7 Å². The SMILES string of the molecule is CNC(=O)CC(=O)N1CCC(Cc2ccc(F)cc2)C1. The van der Waals surface area contributed by atoms with Crippen LogP contribution in [0.3, 0.4) is 0 Å². The molecular weight excluding hydrogens is 259 g/mol. The van der Waals surface area contributed by atoms with Crippen molar-refractivity contribution in [1.29, 1.82) is 0 Å². The van der Waals surface area contributed by atoms with Crippen LogP contribution in [-0.4, -0.2) is 36.9 Å². The predicted molar refractivity (Wildman–Crippen MR) is 73.5 cm³/mol. The smallest absolute Gasteiger partial charge is 0.232 e. The van der Waals surface area contributed by atoms with Gasteiger partial charge >= 0.3 is 0 Å². The third-order valence-electron chi connectivity index (χ3n) is 3.67. The molecule has 20 heavy (non-hydrogen) atoms. The van der Waals surface area contributed by atoms with Crippen LogP contribution >= 0.6 is 0 Å². The molecule has 4 nitrogen and oxygen atoms in total. The van der Waals surface area contributed by atoms with Crippen molar-refractivity contribution in [2.75, 3.05) is 20.1 Å². The molecule has 0 saturated carbocycles. The second kappa shape index (κ2) is 6.50. The molecule has 1 fully saturated rings. The molecule has 1 heterocycles. The van der Waals surface area contributed by atoms with Crippen LogP contribution in [0.2, 0.25) is 0 Å². The Bertz CT molecular complexity index is 487. The van der Waals surface area contributed by atoms with Gasteiger partial charge in [0.25, 0.3) is 0 Å². The van der Waals surface area contributed by atoms with Gasteiger partial charge in [0.1, 0.15) is 12.2 Å². The van der Waals surface area contributed by atoms with E-state index in [1.165, 1.54) is 19.2 Å². The number of amides is 2. The summed E-state index contributed by atoms with van der Waals surface area (Å²) in [6, 6.07) is 6.48. The first kappa shape index (κ1) is 14.5. The number of halogens is 1. The van der Waals surface area contributed by atoms with E-state index in [0.29, 0.717) is 19.0 Å². The highest BCUT2D eigenvalue weighted by Crippen LogP contribution is 2.21. The Morgan fingerprint density at radius 1 is 1.35 bits per heavy atom. The first-order chi connectivity index (χ1) is 9.58. The molecule has 1 atom stereocenters. The first-order valence-corrected chi connectivity index (χ1v) is 6.81. The van der Waals surface area contributed by atoms with Crippen molar-refractivity contribution in [3.63, 3.8) is 0 Å². The van der Waals surface area contributed by atoms with Gasteiger partial charge in [0, 0.05) is 20.1 Å². The standard InChI is InChI=1S/C15H19FN2O2/c1-17-14(19)9-15(20)18-7-6-12(10-18)8-11-2-4-13(16)5-3-11/h2-5,12H,6-10H2,1H3,(H,17,19). The Balaban J connectivity index is 1.84. The van der Waals surface area contributed by atoms with Crippen LogP contribution in [0.1, 0.15) is 18.4 Å². The van der Waals surface area contributed by atoms with E-state index in [-0.39, 0.29) is 24.1 Å². The summed E-state index contributed by atoms with van der Waals surface area (Å²) in [6.07, 6.45) is 1.68. The van der Waals surface area contributed by atoms with Crippen LogP contribution in [0.25, 0.3) is 0 Å². The minimum atomic E-state index is -0.253. The Morgan fingerprint density at radius 3 is 2.70 bits per heavy atom. The number of carbonyl (C=O) groups is 2. The minimum absolute atomic E-state index is 0.0836. The van der Waals surface area contributed by atoms with E-state index in [9.17, 15) is 14.0 Å². The van der Waals surface area contributed by atoms with E-state index in [1.807, 2.05) is 0 Å². The zero-order valence-electron chi connectivity index (χ0n) is 11.6. The van der Waals surface area contributed by atoms with Crippen molar-refractivity contribution >= 4 is 11.8 Å². The predicted octanol–water partition coefficient (Wildman–Crippen LogP) is 1.35. The fraction of sp³-hybridized carbons (Fsp3) is 0.467. The summed E-state index contributed by atoms with van der Waals surface area (Å²) in [5, 5.41) is 2.45. The van der Waals surface area contributed by atoms with E-state index in [0.717, 1.165) is 18.4 Å². The molecule has 0 bridgehead atoms. The normalized spacial score (nSPS) is 18.1. The fourth-order valence-electron chi connectivity index (χ4n) is 2.52. The maximum atomic E-state index is 12.8. The van der Waals surface area contributed by atoms with Crippen LogP contribution in [-0.2, 0) is 16.0 Å². The second-order valence-corrected chi connectivity index (χ2v) is 5.17. The summed E-state index contributed by atoms with van der Waals surface area (Å²) in [4.78, 5) is 24.8. The molecule has 2 rings (SSSR count). The zero-order valence-corrected chi connectivity index (χ0v) is 11.6. The summed E-state index contributed by atoms with van der Waals surface area (Å²) >= 11 is 0. The molecule has 1 N–H and O–H groups in total. The highest BCUT2D eigenvalue weighted by atomic mass is 19.1. The molecule has 1 aliphatic rings. The highest BCUT2D eigenvalue weighted by Gasteiger charge is 2.27. The van der Waals surface area contributed by atoms with Gasteiger partial charge in [0.15, 0.2) is 0 Å². The maximum absolute atomic E-state index is 12.8. The lowest BCUT2D eigenvalue weighted by Gasteiger charge is -2.16. The molecule has 0 radical (unpaired) electrons. The van der Waals surface area contributed by atoms with Crippen molar-refractivity contribution in [2.24, 2.45) is 5.92 Å². The molecule has 1 aliphatic heterocycles. The summed E-state index contributed by atoms with van der Waals surface area (Å²) < 4.78 is 12.8. The number of carbonyl (C=O) groups excluding carboxylic acids is 2. The van der Waals surface area contributed by atoms with Gasteiger partial charge in [-0.2, -0.15) is 0 Å². The molecular formula is C15H19FN2O2. The average Bonchev–Trinajstić information content (AvgIpc) is 2.90. The summed E-state index contributed by atoms with van der Waals surface area (Å²) in [7, 11) is 1.52. The maximum Gasteiger partial charge on any atom is 0.232 e. The number of benzene rings is 1. The monoisotopic (exact) mass is 278 g/mol. The summed E-state index contributed by atoms with van der Waals surface area (Å²) in [5.74, 6) is -0.223. The molecule has 1 saturated heterocycles. The molecule has 2 amide bonds. The van der Waals surface area contributed by atoms with E-state index in [1.54, 1.807) is 17.0 Å². The van der Waals surface area contributed by atoms with Gasteiger partial charge < -0.3 is 10.2 Å². The van der Waals surface area contributed by atoms with E-state index >= 15 is 0 Å². The topological polar surface area (TPSA) is 49.4 Å². The van der Waals surface area contributed by atoms with Gasteiger partial charge in [-0.1, -0.05) is 12.1 Å². The van der Waals surface area contributed by atoms with Gasteiger partial charge in [-0.25, -0.2) is 4.39 Å². The lowest BCUT2D eigenvalue weighted by molar-refractivity contribution is -0.135. The number of hydrogen-bond acceptors (Lipinski definition) is 2. The zero-order chi connectivity index (χ0) is 14.5. The third-order valence-corrected chi connectivity index (χ3v) is 3.67. The molecule has 0 aliphatic carbocycles. The molecule has 1 aromatic carbocycles. The molecule has 108 valence electrons. The summed E-state index contributed by atoms with van der Waals surface area (Å²) in [6.45, 7) is 1.37. The number of likely N-dealkylation sites (tertiary alicyclic amines) is 1. The summed E-state index contributed by atoms with van der Waals surface area (Å²) in [5.41, 5.74) is 1.08. The molecule has 5 heteroatoms. The van der Waals surface area contributed by atoms with Gasteiger partial charge in [-0.15, -0.1) is 0 Å². The molecule has 1 unspecified atom stereocenters. The van der Waals surface area contributed by atoms with Gasteiger partial charge in [0.05, 0.1) is 0 Å². The van der Waals surface area contributed by atoms with E-state index < -0.39 is 0 Å². The first-order valence-electron chi connectivity index (χ1n) is 6.81. The van der Waals surface area contributed by atoms with Crippen LogP contribution in [0.5, 0.6) is 0 Å². The number of nitrogens with one attached hydrogen (secondary N) is 1. The van der Waals surface area contributed by atoms with E-state index in [4.69, 9.17) is 0 Å². The Labute approximate surface area is 118 Å².